The van der Waals surface area contributed by atoms with Crippen molar-refractivity contribution in [2.75, 3.05) is 25.5 Å². The van der Waals surface area contributed by atoms with Gasteiger partial charge in [0.25, 0.3) is 0 Å². The van der Waals surface area contributed by atoms with Crippen molar-refractivity contribution in [3.05, 3.63) is 23.2 Å². The fourth-order valence-corrected chi connectivity index (χ4v) is 2.82. The average Bonchev–Trinajstić information content (AvgIpc) is 2.55. The molecule has 0 saturated carbocycles. The van der Waals surface area contributed by atoms with Crippen LogP contribution in [0.3, 0.4) is 0 Å². The maximum Gasteiger partial charge on any atom is 0.239 e. The number of likely N-dealkylation sites (tertiary alicyclic amines) is 1. The van der Waals surface area contributed by atoms with Crippen molar-refractivity contribution in [3.63, 3.8) is 0 Å². The Morgan fingerprint density at radius 2 is 1.87 bits per heavy atom. The summed E-state index contributed by atoms with van der Waals surface area (Å²) in [7, 11) is 1.52. The zero-order chi connectivity index (χ0) is 17.0. The van der Waals surface area contributed by atoms with Gasteiger partial charge in [0.05, 0.1) is 12.8 Å². The summed E-state index contributed by atoms with van der Waals surface area (Å²) in [6.45, 7) is 4.73. The van der Waals surface area contributed by atoms with Crippen LogP contribution in [0.1, 0.15) is 33.1 Å². The lowest BCUT2D eigenvalue weighted by molar-refractivity contribution is -0.147. The summed E-state index contributed by atoms with van der Waals surface area (Å²) >= 11 is 5.97. The van der Waals surface area contributed by atoms with Crippen LogP contribution >= 0.6 is 11.6 Å². The first-order valence-electron chi connectivity index (χ1n) is 7.80. The second kappa shape index (κ2) is 7.21. The maximum atomic E-state index is 12.7. The number of carbonyl (C=O) groups excluding carboxylic acids is 2. The van der Waals surface area contributed by atoms with Crippen molar-refractivity contribution in [1.29, 1.82) is 0 Å². The van der Waals surface area contributed by atoms with Gasteiger partial charge in [0.15, 0.2) is 0 Å². The molecule has 1 aromatic carbocycles. The van der Waals surface area contributed by atoms with Gasteiger partial charge in [0.2, 0.25) is 11.8 Å². The predicted molar refractivity (Wildman–Crippen MR) is 90.8 cm³/mol. The van der Waals surface area contributed by atoms with Gasteiger partial charge in [-0.15, -0.1) is 0 Å². The zero-order valence-corrected chi connectivity index (χ0v) is 14.6. The molecule has 1 fully saturated rings. The Balaban J connectivity index is 2.15. The number of halogens is 1. The Bertz CT molecular complexity index is 596. The normalized spacial score (nSPS) is 15.2. The molecule has 2 rings (SSSR count). The van der Waals surface area contributed by atoms with E-state index in [0.717, 1.165) is 32.4 Å². The van der Waals surface area contributed by atoms with Gasteiger partial charge in [-0.05, 0) is 51.3 Å². The summed E-state index contributed by atoms with van der Waals surface area (Å²) in [4.78, 5) is 27.1. The van der Waals surface area contributed by atoms with E-state index in [4.69, 9.17) is 16.3 Å². The van der Waals surface area contributed by atoms with Crippen LogP contribution in [0.4, 0.5) is 5.69 Å². The Morgan fingerprint density at radius 3 is 2.48 bits per heavy atom. The second-order valence-corrected chi connectivity index (χ2v) is 6.71. The van der Waals surface area contributed by atoms with E-state index in [2.05, 4.69) is 5.32 Å². The number of carbonyl (C=O) groups is 2. The number of ether oxygens (including phenoxy) is 1. The Hall–Kier alpha value is -1.75. The number of rotatable bonds is 4. The highest BCUT2D eigenvalue weighted by atomic mass is 35.5. The smallest absolute Gasteiger partial charge is 0.239 e. The van der Waals surface area contributed by atoms with Gasteiger partial charge in [-0.3, -0.25) is 9.59 Å². The number of methoxy groups -OCH3 is 1. The third kappa shape index (κ3) is 3.96. The molecule has 0 spiro atoms. The van der Waals surface area contributed by atoms with Crippen molar-refractivity contribution in [2.24, 2.45) is 5.41 Å². The van der Waals surface area contributed by atoms with Gasteiger partial charge in [0, 0.05) is 18.1 Å². The lowest BCUT2D eigenvalue weighted by atomic mass is 9.89. The molecule has 1 heterocycles. The first kappa shape index (κ1) is 17.6. The number of piperidine rings is 1. The van der Waals surface area contributed by atoms with Crippen molar-refractivity contribution in [3.8, 4) is 5.75 Å². The Labute approximate surface area is 141 Å². The molecular formula is C17H23ClN2O3. The van der Waals surface area contributed by atoms with E-state index in [1.165, 1.54) is 7.11 Å². The van der Waals surface area contributed by atoms with E-state index >= 15 is 0 Å². The summed E-state index contributed by atoms with van der Waals surface area (Å²) in [5.41, 5.74) is -0.686. The largest absolute Gasteiger partial charge is 0.495 e. The minimum Gasteiger partial charge on any atom is -0.495 e. The average molecular weight is 339 g/mol. The number of amides is 2. The lowest BCUT2D eigenvalue weighted by Crippen LogP contribution is -2.49. The zero-order valence-electron chi connectivity index (χ0n) is 13.8. The number of hydrogen-bond donors (Lipinski definition) is 1. The lowest BCUT2D eigenvalue weighted by Gasteiger charge is -2.33. The molecule has 0 radical (unpaired) electrons. The van der Waals surface area contributed by atoms with Crippen molar-refractivity contribution < 1.29 is 14.3 Å². The quantitative estimate of drug-likeness (QED) is 0.857. The van der Waals surface area contributed by atoms with E-state index in [1.54, 1.807) is 36.9 Å². The van der Waals surface area contributed by atoms with Crippen LogP contribution in [0.2, 0.25) is 5.02 Å². The molecule has 2 amide bonds. The molecule has 1 aromatic rings. The standard InChI is InChI=1S/C17H23ClN2O3/c1-17(2,16(22)20-9-5-4-6-10-20)15(21)19-13-11-12(18)7-8-14(13)23-3/h7-8,11H,4-6,9-10H2,1-3H3,(H,19,21). The highest BCUT2D eigenvalue weighted by Gasteiger charge is 2.39. The number of nitrogens with one attached hydrogen (secondary N) is 1. The van der Waals surface area contributed by atoms with Gasteiger partial charge in [-0.2, -0.15) is 0 Å². The van der Waals surface area contributed by atoms with E-state index in [-0.39, 0.29) is 11.8 Å². The molecule has 1 aliphatic heterocycles. The third-order valence-electron chi connectivity index (χ3n) is 4.16. The van der Waals surface area contributed by atoms with E-state index < -0.39 is 5.41 Å². The first-order chi connectivity index (χ1) is 10.9. The number of nitrogens with zero attached hydrogens (tertiary/aromatic N) is 1. The van der Waals surface area contributed by atoms with E-state index in [9.17, 15) is 9.59 Å². The first-order valence-corrected chi connectivity index (χ1v) is 8.18. The summed E-state index contributed by atoms with van der Waals surface area (Å²) in [6.07, 6.45) is 3.12. The Kier molecular flexibility index (Phi) is 5.52. The van der Waals surface area contributed by atoms with Crippen LogP contribution in [0, 0.1) is 5.41 Å². The van der Waals surface area contributed by atoms with Crippen LogP contribution in [0.5, 0.6) is 5.75 Å². The van der Waals surface area contributed by atoms with Gasteiger partial charge >= 0.3 is 0 Å². The molecule has 0 aliphatic carbocycles. The van der Waals surface area contributed by atoms with Crippen LogP contribution in [0.25, 0.3) is 0 Å². The van der Waals surface area contributed by atoms with Crippen LogP contribution in [-0.2, 0) is 9.59 Å². The van der Waals surface area contributed by atoms with E-state index in [1.807, 2.05) is 0 Å². The van der Waals surface area contributed by atoms with Crippen molar-refractivity contribution in [2.45, 2.75) is 33.1 Å². The molecule has 0 aromatic heterocycles. The molecule has 1 aliphatic rings. The topological polar surface area (TPSA) is 58.6 Å². The molecule has 1 N–H and O–H groups in total. The number of hydrogen-bond acceptors (Lipinski definition) is 3. The number of anilines is 1. The van der Waals surface area contributed by atoms with Crippen LogP contribution < -0.4 is 10.1 Å². The minimum absolute atomic E-state index is 0.143. The molecular weight excluding hydrogens is 316 g/mol. The molecule has 23 heavy (non-hydrogen) atoms. The Morgan fingerprint density at radius 1 is 1.22 bits per heavy atom. The maximum absolute atomic E-state index is 12.7. The SMILES string of the molecule is COc1ccc(Cl)cc1NC(=O)C(C)(C)C(=O)N1CCCCC1. The molecule has 1 saturated heterocycles. The highest BCUT2D eigenvalue weighted by molar-refractivity contribution is 6.31. The van der Waals surface area contributed by atoms with Gasteiger partial charge in [0.1, 0.15) is 11.2 Å². The minimum atomic E-state index is -1.15. The highest BCUT2D eigenvalue weighted by Crippen LogP contribution is 2.30. The van der Waals surface area contributed by atoms with E-state index in [0.29, 0.717) is 16.5 Å². The fourth-order valence-electron chi connectivity index (χ4n) is 2.65. The molecule has 0 unspecified atom stereocenters. The molecule has 0 atom stereocenters. The molecule has 0 bridgehead atoms. The van der Waals surface area contributed by atoms with Crippen molar-refractivity contribution in [1.82, 2.24) is 4.90 Å². The molecule has 6 heteroatoms. The van der Waals surface area contributed by atoms with Gasteiger partial charge in [-0.25, -0.2) is 0 Å². The fraction of sp³-hybridized carbons (Fsp3) is 0.529. The second-order valence-electron chi connectivity index (χ2n) is 6.28. The summed E-state index contributed by atoms with van der Waals surface area (Å²) in [5, 5.41) is 3.25. The predicted octanol–water partition coefficient (Wildman–Crippen LogP) is 3.33. The summed E-state index contributed by atoms with van der Waals surface area (Å²) < 4.78 is 5.22. The molecule has 126 valence electrons. The summed E-state index contributed by atoms with van der Waals surface area (Å²) in [6, 6.07) is 4.97. The number of benzene rings is 1. The van der Waals surface area contributed by atoms with Crippen molar-refractivity contribution >= 4 is 29.1 Å². The van der Waals surface area contributed by atoms with Gasteiger partial charge < -0.3 is 15.0 Å². The van der Waals surface area contributed by atoms with Crippen LogP contribution in [0.15, 0.2) is 18.2 Å². The van der Waals surface area contributed by atoms with Gasteiger partial charge in [-0.1, -0.05) is 11.6 Å². The monoisotopic (exact) mass is 338 g/mol. The van der Waals surface area contributed by atoms with Crippen LogP contribution in [-0.4, -0.2) is 36.9 Å². The molecule has 5 nitrogen and oxygen atoms in total. The summed E-state index contributed by atoms with van der Waals surface area (Å²) in [5.74, 6) is -0.00620. The third-order valence-corrected chi connectivity index (χ3v) is 4.39.